The second kappa shape index (κ2) is 8.26. The smallest absolute Gasteiger partial charge is 0.419 e. The normalized spacial score (nSPS) is 10.8. The van der Waals surface area contributed by atoms with Crippen LogP contribution in [0.3, 0.4) is 0 Å². The molecule has 146 valence electrons. The molecular weight excluding hydrogens is 393 g/mol. The number of oxazole rings is 1. The molecule has 0 bridgehead atoms. The third kappa shape index (κ3) is 4.23. The van der Waals surface area contributed by atoms with Crippen LogP contribution in [0.4, 0.5) is 4.39 Å². The van der Waals surface area contributed by atoms with Crippen LogP contribution >= 0.6 is 11.6 Å². The zero-order chi connectivity index (χ0) is 20.3. The van der Waals surface area contributed by atoms with Crippen molar-refractivity contribution < 1.29 is 27.9 Å². The number of ether oxygens (including phenoxy) is 2. The first-order chi connectivity index (χ1) is 13.4. The van der Waals surface area contributed by atoms with Crippen molar-refractivity contribution in [2.45, 2.75) is 13.0 Å². The minimum absolute atomic E-state index is 0.00705. The second-order valence-electron chi connectivity index (χ2n) is 5.81. The Morgan fingerprint density at radius 1 is 1.21 bits per heavy atom. The highest BCUT2D eigenvalue weighted by Crippen LogP contribution is 2.19. The van der Waals surface area contributed by atoms with E-state index in [1.165, 1.54) is 29.9 Å². The Kier molecular flexibility index (Phi) is 5.79. The van der Waals surface area contributed by atoms with E-state index in [1.54, 1.807) is 12.1 Å². The SMILES string of the molecule is COc1ccc(C(=O)COC(=O)CCn2c(=O)oc3cc(Cl)ccc32)cc1F. The van der Waals surface area contributed by atoms with Crippen molar-refractivity contribution >= 4 is 34.5 Å². The fourth-order valence-electron chi connectivity index (χ4n) is 2.60. The van der Waals surface area contributed by atoms with Crippen molar-refractivity contribution in [3.8, 4) is 5.75 Å². The standard InChI is InChI=1S/C19H15ClFNO6/c1-26-16-5-2-11(8-13(16)21)15(23)10-27-18(24)6-7-22-14-4-3-12(20)9-17(14)28-19(22)25/h2-5,8-9H,6-7,10H2,1H3. The van der Waals surface area contributed by atoms with Crippen LogP contribution in [0.25, 0.3) is 11.1 Å². The number of halogens is 2. The van der Waals surface area contributed by atoms with Crippen LogP contribution < -0.4 is 10.5 Å². The number of Topliss-reactive ketones (excluding diaryl/α,β-unsaturated/α-hetero) is 1. The first kappa shape index (κ1) is 19.6. The number of ketones is 1. The Hall–Kier alpha value is -3.13. The van der Waals surface area contributed by atoms with Crippen molar-refractivity contribution in [1.29, 1.82) is 0 Å². The zero-order valence-corrected chi connectivity index (χ0v) is 15.5. The van der Waals surface area contributed by atoms with Gasteiger partial charge in [0.05, 0.1) is 19.0 Å². The monoisotopic (exact) mass is 407 g/mol. The third-order valence-electron chi connectivity index (χ3n) is 4.01. The summed E-state index contributed by atoms with van der Waals surface area (Å²) in [7, 11) is 1.31. The van der Waals surface area contributed by atoms with Crippen molar-refractivity contribution in [1.82, 2.24) is 4.57 Å². The number of hydrogen-bond donors (Lipinski definition) is 0. The van der Waals surface area contributed by atoms with E-state index in [4.69, 9.17) is 25.5 Å². The maximum absolute atomic E-state index is 13.6. The molecule has 0 saturated carbocycles. The molecule has 9 heteroatoms. The predicted octanol–water partition coefficient (Wildman–Crippen LogP) is 3.21. The zero-order valence-electron chi connectivity index (χ0n) is 14.7. The molecule has 0 unspecified atom stereocenters. The Morgan fingerprint density at radius 2 is 2.00 bits per heavy atom. The molecule has 3 aromatic rings. The summed E-state index contributed by atoms with van der Waals surface area (Å²) < 4.78 is 29.7. The van der Waals surface area contributed by atoms with Gasteiger partial charge in [0, 0.05) is 23.2 Å². The Bertz CT molecular complexity index is 1100. The summed E-state index contributed by atoms with van der Waals surface area (Å²) in [4.78, 5) is 35.8. The van der Waals surface area contributed by atoms with Crippen molar-refractivity contribution in [2.24, 2.45) is 0 Å². The van der Waals surface area contributed by atoms with Gasteiger partial charge in [-0.1, -0.05) is 11.6 Å². The first-order valence-electron chi connectivity index (χ1n) is 8.20. The summed E-state index contributed by atoms with van der Waals surface area (Å²) in [6.45, 7) is -0.529. The lowest BCUT2D eigenvalue weighted by molar-refractivity contribution is -0.142. The van der Waals surface area contributed by atoms with Gasteiger partial charge in [0.2, 0.25) is 0 Å². The molecule has 1 aromatic heterocycles. The number of carbonyl (C=O) groups is 2. The van der Waals surface area contributed by atoms with E-state index in [0.717, 1.165) is 6.07 Å². The first-order valence-corrected chi connectivity index (χ1v) is 8.58. The number of nitrogens with zero attached hydrogens (tertiary/aromatic N) is 1. The Balaban J connectivity index is 1.58. The van der Waals surface area contributed by atoms with Crippen molar-refractivity contribution in [3.05, 3.63) is 63.4 Å². The van der Waals surface area contributed by atoms with Gasteiger partial charge in [-0.2, -0.15) is 0 Å². The number of aryl methyl sites for hydroxylation is 1. The summed E-state index contributed by atoms with van der Waals surface area (Å²) in [6.07, 6.45) is -0.151. The van der Waals surface area contributed by atoms with Gasteiger partial charge in [0.15, 0.2) is 29.5 Å². The van der Waals surface area contributed by atoms with Gasteiger partial charge in [0.1, 0.15) is 0 Å². The van der Waals surface area contributed by atoms with E-state index >= 15 is 0 Å². The maximum atomic E-state index is 13.6. The van der Waals surface area contributed by atoms with E-state index in [2.05, 4.69) is 0 Å². The van der Waals surface area contributed by atoms with Gasteiger partial charge >= 0.3 is 11.7 Å². The number of hydrogen-bond acceptors (Lipinski definition) is 6. The minimum atomic E-state index is -0.689. The molecule has 0 N–H and O–H groups in total. The van der Waals surface area contributed by atoms with Crippen LogP contribution in [-0.4, -0.2) is 30.0 Å². The molecule has 3 rings (SSSR count). The molecule has 2 aromatic carbocycles. The molecule has 0 spiro atoms. The Morgan fingerprint density at radius 3 is 2.71 bits per heavy atom. The quantitative estimate of drug-likeness (QED) is 0.441. The highest BCUT2D eigenvalue weighted by Gasteiger charge is 2.15. The van der Waals surface area contributed by atoms with E-state index in [1.807, 2.05) is 0 Å². The second-order valence-corrected chi connectivity index (χ2v) is 6.25. The van der Waals surface area contributed by atoms with Crippen molar-refractivity contribution in [3.63, 3.8) is 0 Å². The van der Waals surface area contributed by atoms with Gasteiger partial charge in [-0.05, 0) is 30.3 Å². The van der Waals surface area contributed by atoms with Crippen LogP contribution in [-0.2, 0) is 16.1 Å². The molecule has 7 nitrogen and oxygen atoms in total. The predicted molar refractivity (Wildman–Crippen MR) is 98.3 cm³/mol. The van der Waals surface area contributed by atoms with Crippen LogP contribution in [0.15, 0.2) is 45.6 Å². The van der Waals surface area contributed by atoms with Crippen LogP contribution in [0, 0.1) is 5.82 Å². The summed E-state index contributed by atoms with van der Waals surface area (Å²) in [5.74, 6) is -2.55. The molecule has 0 amide bonds. The molecule has 0 aliphatic rings. The summed E-state index contributed by atoms with van der Waals surface area (Å²) in [6, 6.07) is 8.40. The molecule has 1 heterocycles. The van der Waals surface area contributed by atoms with Crippen molar-refractivity contribution in [2.75, 3.05) is 13.7 Å². The van der Waals surface area contributed by atoms with Gasteiger partial charge < -0.3 is 13.9 Å². The van der Waals surface area contributed by atoms with E-state index in [0.29, 0.717) is 16.1 Å². The summed E-state index contributed by atoms with van der Waals surface area (Å²) >= 11 is 5.85. The highest BCUT2D eigenvalue weighted by atomic mass is 35.5. The number of methoxy groups -OCH3 is 1. The van der Waals surface area contributed by atoms with Gasteiger partial charge in [0.25, 0.3) is 0 Å². The van der Waals surface area contributed by atoms with Crippen LogP contribution in [0.1, 0.15) is 16.8 Å². The van der Waals surface area contributed by atoms with Crippen LogP contribution in [0.2, 0.25) is 5.02 Å². The number of esters is 1. The molecule has 0 saturated heterocycles. The number of rotatable bonds is 7. The maximum Gasteiger partial charge on any atom is 0.419 e. The molecule has 28 heavy (non-hydrogen) atoms. The topological polar surface area (TPSA) is 87.7 Å². The van der Waals surface area contributed by atoms with Crippen LogP contribution in [0.5, 0.6) is 5.75 Å². The van der Waals surface area contributed by atoms with E-state index < -0.39 is 29.9 Å². The van der Waals surface area contributed by atoms with Gasteiger partial charge in [-0.25, -0.2) is 9.18 Å². The molecule has 0 aliphatic carbocycles. The number of benzene rings is 2. The third-order valence-corrected chi connectivity index (χ3v) is 4.24. The average molecular weight is 408 g/mol. The molecule has 0 atom stereocenters. The lowest BCUT2D eigenvalue weighted by Gasteiger charge is -2.06. The summed E-state index contributed by atoms with van der Waals surface area (Å²) in [5, 5.41) is 0.418. The van der Waals surface area contributed by atoms with Gasteiger partial charge in [-0.3, -0.25) is 14.2 Å². The molecule has 0 radical (unpaired) electrons. The molecule has 0 aliphatic heterocycles. The summed E-state index contributed by atoms with van der Waals surface area (Å²) in [5.41, 5.74) is 0.856. The molecular formula is C19H15ClFNO6. The number of fused-ring (bicyclic) bond motifs is 1. The Labute approximate surface area is 163 Å². The average Bonchev–Trinajstić information content (AvgIpc) is 2.98. The van der Waals surface area contributed by atoms with Gasteiger partial charge in [-0.15, -0.1) is 0 Å². The molecule has 0 fully saturated rings. The minimum Gasteiger partial charge on any atom is -0.494 e. The largest absolute Gasteiger partial charge is 0.494 e. The fourth-order valence-corrected chi connectivity index (χ4v) is 2.76. The number of carbonyl (C=O) groups excluding carboxylic acids is 2. The van der Waals surface area contributed by atoms with E-state index in [-0.39, 0.29) is 24.3 Å². The fraction of sp³-hybridized carbons (Fsp3) is 0.211. The lowest BCUT2D eigenvalue weighted by Crippen LogP contribution is -2.19. The lowest BCUT2D eigenvalue weighted by atomic mass is 10.1. The highest BCUT2D eigenvalue weighted by molar-refractivity contribution is 6.31. The number of aromatic nitrogens is 1. The van der Waals surface area contributed by atoms with E-state index in [9.17, 15) is 18.8 Å².